The second kappa shape index (κ2) is 9.69. The van der Waals surface area contributed by atoms with E-state index in [1.54, 1.807) is 0 Å². The van der Waals surface area contributed by atoms with Gasteiger partial charge in [-0.25, -0.2) is 0 Å². The molecule has 4 rings (SSSR count). The Morgan fingerprint density at radius 2 is 1.34 bits per heavy atom. The highest BCUT2D eigenvalue weighted by Crippen LogP contribution is 2.37. The van der Waals surface area contributed by atoms with Crippen LogP contribution in [0, 0.1) is 11.3 Å². The lowest BCUT2D eigenvalue weighted by Crippen LogP contribution is -2.42. The summed E-state index contributed by atoms with van der Waals surface area (Å²) < 4.78 is 11.0. The van der Waals surface area contributed by atoms with Gasteiger partial charge in [-0.2, -0.15) is 5.26 Å². The van der Waals surface area contributed by atoms with Crippen molar-refractivity contribution in [2.75, 3.05) is 65.7 Å². The summed E-state index contributed by atoms with van der Waals surface area (Å²) in [5.41, 5.74) is 0.692. The Morgan fingerprint density at radius 3 is 1.93 bits per heavy atom. The van der Waals surface area contributed by atoms with Crippen LogP contribution in [0.25, 0.3) is 10.8 Å². The quantitative estimate of drug-likeness (QED) is 0.724. The van der Waals surface area contributed by atoms with Crippen LogP contribution in [-0.2, 0) is 14.9 Å². The molecule has 0 aliphatic carbocycles. The fraction of sp³-hybridized carbons (Fsp3) is 0.542. The molecule has 2 heterocycles. The molecule has 5 nitrogen and oxygen atoms in total. The van der Waals surface area contributed by atoms with Crippen LogP contribution in [0.5, 0.6) is 0 Å². The molecule has 0 saturated carbocycles. The minimum Gasteiger partial charge on any atom is -0.379 e. The summed E-state index contributed by atoms with van der Waals surface area (Å²) in [7, 11) is 0. The molecule has 2 aliphatic rings. The van der Waals surface area contributed by atoms with Gasteiger partial charge in [0.1, 0.15) is 0 Å². The molecule has 0 bridgehead atoms. The van der Waals surface area contributed by atoms with E-state index in [1.165, 1.54) is 16.3 Å². The molecule has 0 unspecified atom stereocenters. The highest BCUT2D eigenvalue weighted by Gasteiger charge is 2.35. The maximum absolute atomic E-state index is 10.5. The molecule has 5 heteroatoms. The Labute approximate surface area is 173 Å². The van der Waals surface area contributed by atoms with Crippen molar-refractivity contribution in [3.63, 3.8) is 0 Å². The first-order valence-corrected chi connectivity index (χ1v) is 10.8. The monoisotopic (exact) mass is 393 g/mol. The van der Waals surface area contributed by atoms with Crippen molar-refractivity contribution in [2.45, 2.75) is 18.3 Å². The highest BCUT2D eigenvalue weighted by atomic mass is 16.5. The normalized spacial score (nSPS) is 19.3. The fourth-order valence-electron chi connectivity index (χ4n) is 4.56. The standard InChI is InChI=1S/C24H31N3O2/c25-20-24(8-10-26-12-16-28-17-13-26,9-11-27-14-18-29-19-15-27)23-7-3-5-21-4-1-2-6-22(21)23/h1-7H,8-19H2. The number of hydrogen-bond donors (Lipinski definition) is 0. The van der Waals surface area contributed by atoms with Gasteiger partial charge in [-0.15, -0.1) is 0 Å². The van der Waals surface area contributed by atoms with E-state index in [2.05, 4.69) is 58.3 Å². The molecule has 2 saturated heterocycles. The first-order chi connectivity index (χ1) is 14.3. The van der Waals surface area contributed by atoms with Gasteiger partial charge in [0, 0.05) is 39.3 Å². The Bertz CT molecular complexity index is 808. The van der Waals surface area contributed by atoms with E-state index in [0.717, 1.165) is 78.5 Å². The summed E-state index contributed by atoms with van der Waals surface area (Å²) in [6, 6.07) is 17.7. The molecule has 0 amide bonds. The van der Waals surface area contributed by atoms with Crippen LogP contribution in [-0.4, -0.2) is 75.5 Å². The summed E-state index contributed by atoms with van der Waals surface area (Å²) in [6.45, 7) is 8.88. The first kappa shape index (κ1) is 20.3. The maximum Gasteiger partial charge on any atom is 0.0852 e. The zero-order chi connectivity index (χ0) is 19.9. The Hall–Kier alpha value is -1.97. The largest absolute Gasteiger partial charge is 0.379 e. The van der Waals surface area contributed by atoms with Crippen molar-refractivity contribution in [3.8, 4) is 6.07 Å². The zero-order valence-electron chi connectivity index (χ0n) is 17.2. The van der Waals surface area contributed by atoms with Crippen molar-refractivity contribution in [1.82, 2.24) is 9.80 Å². The molecule has 2 aromatic rings. The van der Waals surface area contributed by atoms with Gasteiger partial charge in [0.25, 0.3) is 0 Å². The molecule has 154 valence electrons. The van der Waals surface area contributed by atoms with Gasteiger partial charge in [-0.05, 0) is 29.2 Å². The SMILES string of the molecule is N#CC(CCN1CCOCC1)(CCN1CCOCC1)c1cccc2ccccc12. The maximum atomic E-state index is 10.5. The Balaban J connectivity index is 1.61. The van der Waals surface area contributed by atoms with Crippen molar-refractivity contribution in [2.24, 2.45) is 0 Å². The van der Waals surface area contributed by atoms with E-state index in [1.807, 2.05) is 0 Å². The number of fused-ring (bicyclic) bond motifs is 1. The van der Waals surface area contributed by atoms with Crippen molar-refractivity contribution >= 4 is 10.8 Å². The molecule has 29 heavy (non-hydrogen) atoms. The summed E-state index contributed by atoms with van der Waals surface area (Å²) in [4.78, 5) is 4.88. The molecule has 0 spiro atoms. The van der Waals surface area contributed by atoms with Gasteiger partial charge in [0.15, 0.2) is 0 Å². The number of rotatable bonds is 7. The van der Waals surface area contributed by atoms with Crippen molar-refractivity contribution in [1.29, 1.82) is 5.26 Å². The third-order valence-corrected chi connectivity index (χ3v) is 6.44. The van der Waals surface area contributed by atoms with Gasteiger partial charge >= 0.3 is 0 Å². The fourth-order valence-corrected chi connectivity index (χ4v) is 4.56. The molecular weight excluding hydrogens is 362 g/mol. The van der Waals surface area contributed by atoms with Crippen LogP contribution in [0.2, 0.25) is 0 Å². The second-order valence-corrected chi connectivity index (χ2v) is 8.13. The number of benzene rings is 2. The van der Waals surface area contributed by atoms with Gasteiger partial charge in [-0.3, -0.25) is 9.80 Å². The minimum absolute atomic E-state index is 0.489. The van der Waals surface area contributed by atoms with Crippen LogP contribution in [0.4, 0.5) is 0 Å². The van der Waals surface area contributed by atoms with E-state index >= 15 is 0 Å². The average Bonchev–Trinajstić information content (AvgIpc) is 2.81. The number of morpholine rings is 2. The molecule has 2 fully saturated rings. The second-order valence-electron chi connectivity index (χ2n) is 8.13. The van der Waals surface area contributed by atoms with E-state index < -0.39 is 5.41 Å². The Morgan fingerprint density at radius 1 is 0.793 bits per heavy atom. The van der Waals surface area contributed by atoms with Gasteiger partial charge in [0.2, 0.25) is 0 Å². The summed E-state index contributed by atoms with van der Waals surface area (Å²) >= 11 is 0. The Kier molecular flexibility index (Phi) is 6.78. The molecule has 0 N–H and O–H groups in total. The number of nitriles is 1. The number of nitrogens with zero attached hydrogens (tertiary/aromatic N) is 3. The van der Waals surface area contributed by atoms with Crippen molar-refractivity contribution in [3.05, 3.63) is 48.0 Å². The summed E-state index contributed by atoms with van der Waals surface area (Å²) in [5.74, 6) is 0. The van der Waals surface area contributed by atoms with Crippen LogP contribution < -0.4 is 0 Å². The zero-order valence-corrected chi connectivity index (χ0v) is 17.2. The first-order valence-electron chi connectivity index (χ1n) is 10.8. The lowest BCUT2D eigenvalue weighted by Gasteiger charge is -2.35. The predicted octanol–water partition coefficient (Wildman–Crippen LogP) is 3.05. The highest BCUT2D eigenvalue weighted by molar-refractivity contribution is 5.87. The van der Waals surface area contributed by atoms with Gasteiger partial charge < -0.3 is 9.47 Å². The lowest BCUT2D eigenvalue weighted by atomic mass is 9.74. The lowest BCUT2D eigenvalue weighted by molar-refractivity contribution is 0.0303. The molecule has 2 aliphatic heterocycles. The van der Waals surface area contributed by atoms with E-state index in [4.69, 9.17) is 9.47 Å². The molecular formula is C24H31N3O2. The van der Waals surface area contributed by atoms with Gasteiger partial charge in [0.05, 0.1) is 37.9 Å². The van der Waals surface area contributed by atoms with E-state index in [-0.39, 0.29) is 0 Å². The topological polar surface area (TPSA) is 48.7 Å². The van der Waals surface area contributed by atoms with Crippen molar-refractivity contribution < 1.29 is 9.47 Å². The van der Waals surface area contributed by atoms with Crippen LogP contribution in [0.15, 0.2) is 42.5 Å². The van der Waals surface area contributed by atoms with Crippen LogP contribution >= 0.6 is 0 Å². The number of ether oxygens (including phenoxy) is 2. The van der Waals surface area contributed by atoms with E-state index in [0.29, 0.717) is 0 Å². The third kappa shape index (κ3) is 4.79. The molecule has 0 atom stereocenters. The molecule has 0 radical (unpaired) electrons. The van der Waals surface area contributed by atoms with Crippen LogP contribution in [0.1, 0.15) is 18.4 Å². The molecule has 2 aromatic carbocycles. The molecule has 0 aromatic heterocycles. The average molecular weight is 394 g/mol. The smallest absolute Gasteiger partial charge is 0.0852 e. The predicted molar refractivity (Wildman–Crippen MR) is 115 cm³/mol. The summed E-state index contributed by atoms with van der Waals surface area (Å²) in [5, 5.41) is 12.9. The minimum atomic E-state index is -0.489. The van der Waals surface area contributed by atoms with Gasteiger partial charge in [-0.1, -0.05) is 42.5 Å². The van der Waals surface area contributed by atoms with Crippen LogP contribution in [0.3, 0.4) is 0 Å². The van der Waals surface area contributed by atoms with E-state index in [9.17, 15) is 5.26 Å². The third-order valence-electron chi connectivity index (χ3n) is 6.44. The summed E-state index contributed by atoms with van der Waals surface area (Å²) in [6.07, 6.45) is 1.70. The number of hydrogen-bond acceptors (Lipinski definition) is 5.